The molecule has 1 atom stereocenters. The molecule has 0 unspecified atom stereocenters. The van der Waals surface area contributed by atoms with Gasteiger partial charge in [-0.2, -0.15) is 5.10 Å². The summed E-state index contributed by atoms with van der Waals surface area (Å²) in [4.78, 5) is 6.39. The SMILES string of the molecule is CC(C)(C)c1nnc(CN2CCC[C@H]2Cn2cncn2)o1. The molecule has 0 N–H and O–H groups in total. The van der Waals surface area contributed by atoms with Crippen molar-refractivity contribution in [1.82, 2.24) is 29.9 Å². The Bertz CT molecular complexity index is 571. The van der Waals surface area contributed by atoms with Crippen LogP contribution in [0.2, 0.25) is 0 Å². The van der Waals surface area contributed by atoms with Crippen LogP contribution in [0.25, 0.3) is 0 Å². The fourth-order valence-electron chi connectivity index (χ4n) is 2.65. The molecule has 114 valence electrons. The number of rotatable bonds is 4. The van der Waals surface area contributed by atoms with Crippen LogP contribution in [0.5, 0.6) is 0 Å². The Balaban J connectivity index is 1.64. The lowest BCUT2D eigenvalue weighted by molar-refractivity contribution is 0.196. The first-order chi connectivity index (χ1) is 10.0. The molecule has 0 aromatic carbocycles. The van der Waals surface area contributed by atoms with E-state index < -0.39 is 0 Å². The molecular weight excluding hydrogens is 268 g/mol. The van der Waals surface area contributed by atoms with E-state index in [2.05, 4.69) is 46.0 Å². The zero-order valence-corrected chi connectivity index (χ0v) is 12.9. The van der Waals surface area contributed by atoms with E-state index in [1.54, 1.807) is 12.7 Å². The monoisotopic (exact) mass is 290 g/mol. The van der Waals surface area contributed by atoms with E-state index in [9.17, 15) is 0 Å². The molecule has 2 aromatic rings. The Morgan fingerprint density at radius 1 is 1.33 bits per heavy atom. The van der Waals surface area contributed by atoms with Gasteiger partial charge in [0.05, 0.1) is 13.1 Å². The van der Waals surface area contributed by atoms with Crippen LogP contribution in [0.4, 0.5) is 0 Å². The highest BCUT2D eigenvalue weighted by Crippen LogP contribution is 2.24. The van der Waals surface area contributed by atoms with Crippen molar-refractivity contribution in [3.63, 3.8) is 0 Å². The fraction of sp³-hybridized carbons (Fsp3) is 0.714. The summed E-state index contributed by atoms with van der Waals surface area (Å²) in [5.74, 6) is 1.40. The topological polar surface area (TPSA) is 72.9 Å². The number of aromatic nitrogens is 5. The molecule has 0 radical (unpaired) electrons. The highest BCUT2D eigenvalue weighted by atomic mass is 16.4. The first-order valence-corrected chi connectivity index (χ1v) is 7.42. The minimum absolute atomic E-state index is 0.101. The van der Waals surface area contributed by atoms with Gasteiger partial charge >= 0.3 is 0 Å². The lowest BCUT2D eigenvalue weighted by Gasteiger charge is -2.22. The van der Waals surface area contributed by atoms with Gasteiger partial charge in [-0.15, -0.1) is 10.2 Å². The predicted octanol–water partition coefficient (Wildman–Crippen LogP) is 1.62. The van der Waals surface area contributed by atoms with Gasteiger partial charge in [-0.1, -0.05) is 20.8 Å². The van der Waals surface area contributed by atoms with Crippen molar-refractivity contribution in [2.75, 3.05) is 6.54 Å². The van der Waals surface area contributed by atoms with Crippen LogP contribution >= 0.6 is 0 Å². The van der Waals surface area contributed by atoms with Crippen molar-refractivity contribution < 1.29 is 4.42 Å². The Labute approximate surface area is 124 Å². The van der Waals surface area contributed by atoms with E-state index in [0.29, 0.717) is 24.4 Å². The Kier molecular flexibility index (Phi) is 3.75. The quantitative estimate of drug-likeness (QED) is 0.852. The maximum absolute atomic E-state index is 5.79. The van der Waals surface area contributed by atoms with Crippen molar-refractivity contribution >= 4 is 0 Å². The summed E-state index contributed by atoms with van der Waals surface area (Å²) in [7, 11) is 0. The highest BCUT2D eigenvalue weighted by molar-refractivity contribution is 4.96. The molecule has 1 aliphatic heterocycles. The first kappa shape index (κ1) is 14.2. The normalized spacial score (nSPS) is 20.2. The third-order valence-corrected chi connectivity index (χ3v) is 3.81. The van der Waals surface area contributed by atoms with Crippen molar-refractivity contribution in [3.8, 4) is 0 Å². The van der Waals surface area contributed by atoms with E-state index in [1.807, 2.05) is 4.68 Å². The average Bonchev–Trinajstić information content (AvgIpc) is 3.12. The van der Waals surface area contributed by atoms with E-state index in [4.69, 9.17) is 4.42 Å². The van der Waals surface area contributed by atoms with Crippen LogP contribution in [-0.2, 0) is 18.5 Å². The van der Waals surface area contributed by atoms with Crippen molar-refractivity contribution in [2.24, 2.45) is 0 Å². The van der Waals surface area contributed by atoms with Gasteiger partial charge in [0, 0.05) is 11.5 Å². The van der Waals surface area contributed by atoms with E-state index in [1.165, 1.54) is 12.8 Å². The number of hydrogen-bond acceptors (Lipinski definition) is 6. The summed E-state index contributed by atoms with van der Waals surface area (Å²) in [5, 5.41) is 12.5. The van der Waals surface area contributed by atoms with Gasteiger partial charge in [-0.25, -0.2) is 4.98 Å². The molecule has 0 saturated carbocycles. The van der Waals surface area contributed by atoms with Gasteiger partial charge in [0.1, 0.15) is 12.7 Å². The van der Waals surface area contributed by atoms with Crippen LogP contribution in [0.3, 0.4) is 0 Å². The molecule has 7 nitrogen and oxygen atoms in total. The first-order valence-electron chi connectivity index (χ1n) is 7.42. The van der Waals surface area contributed by atoms with Crippen molar-refractivity contribution in [3.05, 3.63) is 24.4 Å². The minimum Gasteiger partial charge on any atom is -0.423 e. The number of likely N-dealkylation sites (tertiary alicyclic amines) is 1. The summed E-state index contributed by atoms with van der Waals surface area (Å²) in [6.45, 7) is 8.87. The second-order valence-electron chi connectivity index (χ2n) is 6.64. The summed E-state index contributed by atoms with van der Waals surface area (Å²) < 4.78 is 7.68. The molecule has 0 spiro atoms. The zero-order valence-electron chi connectivity index (χ0n) is 12.9. The molecule has 1 saturated heterocycles. The number of hydrogen-bond donors (Lipinski definition) is 0. The van der Waals surface area contributed by atoms with Crippen molar-refractivity contribution in [2.45, 2.75) is 58.2 Å². The Hall–Kier alpha value is -1.76. The smallest absolute Gasteiger partial charge is 0.230 e. The van der Waals surface area contributed by atoms with E-state index >= 15 is 0 Å². The van der Waals surface area contributed by atoms with Crippen LogP contribution < -0.4 is 0 Å². The van der Waals surface area contributed by atoms with Crippen LogP contribution in [0.15, 0.2) is 17.1 Å². The third-order valence-electron chi connectivity index (χ3n) is 3.81. The van der Waals surface area contributed by atoms with Gasteiger partial charge in [0.2, 0.25) is 11.8 Å². The molecule has 21 heavy (non-hydrogen) atoms. The number of nitrogens with zero attached hydrogens (tertiary/aromatic N) is 6. The van der Waals surface area contributed by atoms with Gasteiger partial charge in [0.25, 0.3) is 0 Å². The molecule has 2 aromatic heterocycles. The molecule has 0 bridgehead atoms. The summed E-state index contributed by atoms with van der Waals surface area (Å²) in [6.07, 6.45) is 5.70. The molecule has 1 aliphatic rings. The van der Waals surface area contributed by atoms with Crippen LogP contribution in [0, 0.1) is 0 Å². The Morgan fingerprint density at radius 2 is 2.19 bits per heavy atom. The molecule has 0 amide bonds. The lowest BCUT2D eigenvalue weighted by Crippen LogP contribution is -2.32. The van der Waals surface area contributed by atoms with Gasteiger partial charge in [0.15, 0.2) is 0 Å². The molecule has 0 aliphatic carbocycles. The zero-order chi connectivity index (χ0) is 14.9. The van der Waals surface area contributed by atoms with Crippen LogP contribution in [-0.4, -0.2) is 42.4 Å². The molecule has 3 heterocycles. The molecular formula is C14H22N6O. The fourth-order valence-corrected chi connectivity index (χ4v) is 2.65. The van der Waals surface area contributed by atoms with Gasteiger partial charge in [-0.05, 0) is 19.4 Å². The average molecular weight is 290 g/mol. The van der Waals surface area contributed by atoms with Gasteiger partial charge < -0.3 is 4.42 Å². The highest BCUT2D eigenvalue weighted by Gasteiger charge is 2.28. The standard InChI is InChI=1S/C14H22N6O/c1-14(2,3)13-18-17-12(21-13)8-19-6-4-5-11(19)7-20-10-15-9-16-20/h9-11H,4-8H2,1-3H3/t11-/m0/s1. The second-order valence-corrected chi connectivity index (χ2v) is 6.64. The largest absolute Gasteiger partial charge is 0.423 e. The molecule has 7 heteroatoms. The van der Waals surface area contributed by atoms with Crippen LogP contribution in [0.1, 0.15) is 45.4 Å². The van der Waals surface area contributed by atoms with Gasteiger partial charge in [-0.3, -0.25) is 9.58 Å². The molecule has 1 fully saturated rings. The van der Waals surface area contributed by atoms with Crippen molar-refractivity contribution in [1.29, 1.82) is 0 Å². The summed E-state index contributed by atoms with van der Waals surface area (Å²) >= 11 is 0. The van der Waals surface area contributed by atoms with E-state index in [0.717, 1.165) is 13.1 Å². The minimum atomic E-state index is -0.101. The molecule has 3 rings (SSSR count). The lowest BCUT2D eigenvalue weighted by atomic mass is 9.97. The Morgan fingerprint density at radius 3 is 2.86 bits per heavy atom. The predicted molar refractivity (Wildman–Crippen MR) is 76.5 cm³/mol. The maximum atomic E-state index is 5.79. The third kappa shape index (κ3) is 3.29. The second kappa shape index (κ2) is 5.55. The summed E-state index contributed by atoms with van der Waals surface area (Å²) in [5.41, 5.74) is -0.101. The maximum Gasteiger partial charge on any atom is 0.230 e. The van der Waals surface area contributed by atoms with E-state index in [-0.39, 0.29) is 5.41 Å². The summed E-state index contributed by atoms with van der Waals surface area (Å²) in [6, 6.07) is 0.455.